The van der Waals surface area contributed by atoms with Crippen LogP contribution in [-0.4, -0.2) is 40.8 Å². The number of carboxylic acid groups (broad SMARTS) is 1. The molecule has 3 rings (SSSR count). The van der Waals surface area contributed by atoms with E-state index >= 15 is 0 Å². The highest BCUT2D eigenvalue weighted by Gasteiger charge is 2.58. The van der Waals surface area contributed by atoms with E-state index in [9.17, 15) is 14.7 Å². The third-order valence-corrected chi connectivity index (χ3v) is 6.60. The van der Waals surface area contributed by atoms with Crippen molar-refractivity contribution in [3.8, 4) is 11.8 Å². The summed E-state index contributed by atoms with van der Waals surface area (Å²) in [6.45, 7) is 0. The lowest BCUT2D eigenvalue weighted by Gasteiger charge is -2.57. The molecule has 148 valence electrons. The van der Waals surface area contributed by atoms with E-state index in [0.717, 1.165) is 37.7 Å². The monoisotopic (exact) mass is 374 g/mol. The summed E-state index contributed by atoms with van der Waals surface area (Å²) < 4.78 is 5.90. The zero-order chi connectivity index (χ0) is 19.4. The Labute approximate surface area is 161 Å². The van der Waals surface area contributed by atoms with Gasteiger partial charge in [-0.1, -0.05) is 12.0 Å². The van der Waals surface area contributed by atoms with Crippen LogP contribution in [0.1, 0.15) is 64.2 Å². The van der Waals surface area contributed by atoms with Gasteiger partial charge in [-0.25, -0.2) is 0 Å². The molecule has 27 heavy (non-hydrogen) atoms. The third-order valence-electron chi connectivity index (χ3n) is 6.60. The van der Waals surface area contributed by atoms with E-state index in [0.29, 0.717) is 37.4 Å². The van der Waals surface area contributed by atoms with Crippen molar-refractivity contribution < 1.29 is 24.5 Å². The zero-order valence-corrected chi connectivity index (χ0v) is 16.1. The molecular formula is C22H30O5. The van der Waals surface area contributed by atoms with Gasteiger partial charge in [-0.05, 0) is 50.0 Å². The molecule has 3 fully saturated rings. The molecule has 0 aromatic heterocycles. The van der Waals surface area contributed by atoms with Gasteiger partial charge in [0.25, 0.3) is 0 Å². The SMILES string of the molecule is COC12CCC(O)C(C#CCC3CCCC(=O)C3)C1C/C2=C\CCC(=O)O. The van der Waals surface area contributed by atoms with E-state index in [1.54, 1.807) is 7.11 Å². The zero-order valence-electron chi connectivity index (χ0n) is 16.1. The van der Waals surface area contributed by atoms with Crippen LogP contribution in [0.2, 0.25) is 0 Å². The van der Waals surface area contributed by atoms with Gasteiger partial charge in [0.1, 0.15) is 5.78 Å². The van der Waals surface area contributed by atoms with Crippen LogP contribution in [0.25, 0.3) is 0 Å². The number of aliphatic hydroxyl groups is 1. The fraction of sp³-hybridized carbons (Fsp3) is 0.727. The summed E-state index contributed by atoms with van der Waals surface area (Å²) >= 11 is 0. The van der Waals surface area contributed by atoms with E-state index < -0.39 is 17.7 Å². The molecule has 5 heteroatoms. The van der Waals surface area contributed by atoms with Crippen LogP contribution in [-0.2, 0) is 14.3 Å². The third kappa shape index (κ3) is 4.28. The number of aliphatic hydroxyl groups excluding tert-OH is 1. The van der Waals surface area contributed by atoms with E-state index in [-0.39, 0.29) is 18.3 Å². The molecule has 2 N–H and O–H groups in total. The lowest BCUT2D eigenvalue weighted by atomic mass is 9.53. The predicted octanol–water partition coefficient (Wildman–Crippen LogP) is 3.11. The number of aliphatic carboxylic acids is 1. The molecule has 3 saturated carbocycles. The van der Waals surface area contributed by atoms with Crippen molar-refractivity contribution in [3.05, 3.63) is 11.6 Å². The van der Waals surface area contributed by atoms with Gasteiger partial charge in [0.05, 0.1) is 17.6 Å². The number of methoxy groups -OCH3 is 1. The van der Waals surface area contributed by atoms with Crippen LogP contribution >= 0.6 is 0 Å². The summed E-state index contributed by atoms with van der Waals surface area (Å²) in [6, 6.07) is 0. The first-order valence-corrected chi connectivity index (χ1v) is 10.1. The molecule has 5 atom stereocenters. The topological polar surface area (TPSA) is 83.8 Å². The summed E-state index contributed by atoms with van der Waals surface area (Å²) in [5.74, 6) is 6.52. The summed E-state index contributed by atoms with van der Waals surface area (Å²) in [5, 5.41) is 19.3. The molecular weight excluding hydrogens is 344 g/mol. The van der Waals surface area contributed by atoms with E-state index in [1.807, 2.05) is 6.08 Å². The molecule has 0 bridgehead atoms. The number of carbonyl (C=O) groups excluding carboxylic acids is 1. The molecule has 3 aliphatic rings. The van der Waals surface area contributed by atoms with Gasteiger partial charge in [0.15, 0.2) is 0 Å². The fourth-order valence-electron chi connectivity index (χ4n) is 5.07. The Hall–Kier alpha value is -1.64. The minimum absolute atomic E-state index is 0.116. The first-order valence-electron chi connectivity index (χ1n) is 10.1. The van der Waals surface area contributed by atoms with Crippen molar-refractivity contribution in [2.45, 2.75) is 75.9 Å². The van der Waals surface area contributed by atoms with Crippen molar-refractivity contribution in [2.75, 3.05) is 7.11 Å². The largest absolute Gasteiger partial charge is 0.481 e. The first-order chi connectivity index (χ1) is 13.0. The maximum absolute atomic E-state index is 11.6. The Kier molecular flexibility index (Phi) is 6.39. The maximum atomic E-state index is 11.6. The second-order valence-corrected chi connectivity index (χ2v) is 8.22. The van der Waals surface area contributed by atoms with Gasteiger partial charge in [-0.3, -0.25) is 9.59 Å². The Morgan fingerprint density at radius 3 is 2.89 bits per heavy atom. The minimum Gasteiger partial charge on any atom is -0.481 e. The molecule has 0 saturated heterocycles. The lowest BCUT2D eigenvalue weighted by molar-refractivity contribution is -0.139. The lowest BCUT2D eigenvalue weighted by Crippen LogP contribution is -2.59. The number of hydrogen-bond acceptors (Lipinski definition) is 4. The molecule has 0 spiro atoms. The van der Waals surface area contributed by atoms with E-state index in [4.69, 9.17) is 9.84 Å². The molecule has 3 aliphatic carbocycles. The first kappa shape index (κ1) is 20.1. The number of allylic oxidation sites excluding steroid dienone is 1. The number of carbonyl (C=O) groups is 2. The molecule has 0 aromatic carbocycles. The van der Waals surface area contributed by atoms with Crippen molar-refractivity contribution in [2.24, 2.45) is 17.8 Å². The Balaban J connectivity index is 1.65. The van der Waals surface area contributed by atoms with Crippen LogP contribution in [0, 0.1) is 29.6 Å². The molecule has 5 nitrogen and oxygen atoms in total. The quantitative estimate of drug-likeness (QED) is 0.571. The number of ether oxygens (including phenoxy) is 1. The predicted molar refractivity (Wildman–Crippen MR) is 101 cm³/mol. The Morgan fingerprint density at radius 2 is 2.19 bits per heavy atom. The summed E-state index contributed by atoms with van der Waals surface area (Å²) in [7, 11) is 1.70. The van der Waals surface area contributed by atoms with Crippen LogP contribution in [0.5, 0.6) is 0 Å². The van der Waals surface area contributed by atoms with Crippen molar-refractivity contribution in [1.29, 1.82) is 0 Å². The maximum Gasteiger partial charge on any atom is 0.303 e. The number of Topliss-reactive ketones (excluding diaryl/α,β-unsaturated/α-hetero) is 1. The second kappa shape index (κ2) is 8.58. The number of fused-ring (bicyclic) bond motifs is 1. The highest BCUT2D eigenvalue weighted by molar-refractivity contribution is 5.79. The number of carboxylic acids is 1. The normalized spacial score (nSPS) is 37.1. The Bertz CT molecular complexity index is 670. The molecule has 0 aromatic rings. The summed E-state index contributed by atoms with van der Waals surface area (Å²) in [4.78, 5) is 22.3. The molecule has 0 radical (unpaired) electrons. The van der Waals surface area contributed by atoms with Crippen LogP contribution < -0.4 is 0 Å². The molecule has 0 amide bonds. The van der Waals surface area contributed by atoms with Gasteiger partial charge in [-0.2, -0.15) is 0 Å². The summed E-state index contributed by atoms with van der Waals surface area (Å²) in [6.07, 6.45) is 8.51. The smallest absolute Gasteiger partial charge is 0.303 e. The van der Waals surface area contributed by atoms with Gasteiger partial charge >= 0.3 is 5.97 Å². The summed E-state index contributed by atoms with van der Waals surface area (Å²) in [5.41, 5.74) is 0.769. The van der Waals surface area contributed by atoms with Gasteiger partial charge in [0.2, 0.25) is 0 Å². The Morgan fingerprint density at radius 1 is 1.37 bits per heavy atom. The van der Waals surface area contributed by atoms with Crippen molar-refractivity contribution in [1.82, 2.24) is 0 Å². The molecule has 0 aliphatic heterocycles. The van der Waals surface area contributed by atoms with Gasteiger partial charge in [-0.15, -0.1) is 5.92 Å². The highest BCUT2D eigenvalue weighted by Crippen LogP contribution is 2.56. The average Bonchev–Trinajstić information content (AvgIpc) is 2.61. The van der Waals surface area contributed by atoms with Crippen LogP contribution in [0.15, 0.2) is 11.6 Å². The van der Waals surface area contributed by atoms with Crippen LogP contribution in [0.4, 0.5) is 0 Å². The van der Waals surface area contributed by atoms with Gasteiger partial charge < -0.3 is 14.9 Å². The molecule has 5 unspecified atom stereocenters. The van der Waals surface area contributed by atoms with E-state index in [2.05, 4.69) is 11.8 Å². The second-order valence-electron chi connectivity index (χ2n) is 8.22. The number of ketones is 1. The average molecular weight is 374 g/mol. The number of rotatable bonds is 5. The fourth-order valence-corrected chi connectivity index (χ4v) is 5.07. The minimum atomic E-state index is -0.793. The highest BCUT2D eigenvalue weighted by atomic mass is 16.5. The van der Waals surface area contributed by atoms with Gasteiger partial charge in [0, 0.05) is 38.7 Å². The van der Waals surface area contributed by atoms with Crippen molar-refractivity contribution in [3.63, 3.8) is 0 Å². The van der Waals surface area contributed by atoms with Crippen LogP contribution in [0.3, 0.4) is 0 Å². The van der Waals surface area contributed by atoms with E-state index in [1.165, 1.54) is 0 Å². The van der Waals surface area contributed by atoms with Crippen molar-refractivity contribution >= 4 is 11.8 Å². The molecule has 0 heterocycles. The standard InChI is InChI=1S/C22H30O5/c1-27-22-12-11-20(24)18(9-3-6-15-5-2-8-17(23)13-15)19(22)14-16(22)7-4-10-21(25)26/h7,15,18-20,24H,2,4-6,8,10-14H2,1H3,(H,25,26)/b16-7+. The number of hydrogen-bond donors (Lipinski definition) is 2.